The number of hydrogen-bond donors (Lipinski definition) is 1. The standard InChI is InChI=1S/C22H25N3O2S/c1-14(2)13-23-20(26)16(4)28-22-24-19-8-6-5-7-18(19)21(27)25(22)17-11-9-15(3)10-12-17/h5-12,14,16H,13H2,1-4H3,(H,23,26). The lowest BCUT2D eigenvalue weighted by molar-refractivity contribution is -0.120. The second-order valence-corrected chi connectivity index (χ2v) is 8.59. The minimum Gasteiger partial charge on any atom is -0.355 e. The van der Waals surface area contributed by atoms with Gasteiger partial charge < -0.3 is 5.32 Å². The number of carbonyl (C=O) groups is 1. The molecule has 3 aromatic rings. The Morgan fingerprint density at radius 3 is 2.46 bits per heavy atom. The highest BCUT2D eigenvalue weighted by Crippen LogP contribution is 2.25. The smallest absolute Gasteiger partial charge is 0.266 e. The van der Waals surface area contributed by atoms with Crippen molar-refractivity contribution in [3.8, 4) is 5.69 Å². The van der Waals surface area contributed by atoms with Crippen LogP contribution in [0, 0.1) is 12.8 Å². The van der Waals surface area contributed by atoms with Crippen LogP contribution in [-0.2, 0) is 4.79 Å². The molecule has 1 amide bonds. The largest absolute Gasteiger partial charge is 0.355 e. The van der Waals surface area contributed by atoms with Crippen LogP contribution < -0.4 is 10.9 Å². The summed E-state index contributed by atoms with van der Waals surface area (Å²) in [4.78, 5) is 30.4. The maximum absolute atomic E-state index is 13.2. The molecule has 0 radical (unpaired) electrons. The van der Waals surface area contributed by atoms with E-state index in [4.69, 9.17) is 4.98 Å². The third-order valence-corrected chi connectivity index (χ3v) is 5.43. The van der Waals surface area contributed by atoms with Crippen molar-refractivity contribution in [1.29, 1.82) is 0 Å². The number of aromatic nitrogens is 2. The molecule has 0 aliphatic carbocycles. The molecule has 1 N–H and O–H groups in total. The van der Waals surface area contributed by atoms with Gasteiger partial charge in [-0.25, -0.2) is 4.98 Å². The van der Waals surface area contributed by atoms with Gasteiger partial charge in [-0.3, -0.25) is 14.2 Å². The topological polar surface area (TPSA) is 64.0 Å². The summed E-state index contributed by atoms with van der Waals surface area (Å²) >= 11 is 1.30. The molecule has 1 atom stereocenters. The molecule has 6 heteroatoms. The molecule has 0 bridgehead atoms. The fraction of sp³-hybridized carbons (Fsp3) is 0.318. The van der Waals surface area contributed by atoms with Crippen LogP contribution >= 0.6 is 11.8 Å². The quantitative estimate of drug-likeness (QED) is 0.507. The van der Waals surface area contributed by atoms with Gasteiger partial charge in [0.15, 0.2) is 5.16 Å². The number of thioether (sulfide) groups is 1. The summed E-state index contributed by atoms with van der Waals surface area (Å²) in [5, 5.41) is 3.65. The second kappa shape index (κ2) is 8.61. The number of fused-ring (bicyclic) bond motifs is 1. The van der Waals surface area contributed by atoms with E-state index < -0.39 is 0 Å². The van der Waals surface area contributed by atoms with E-state index in [1.54, 1.807) is 10.6 Å². The minimum atomic E-state index is -0.372. The van der Waals surface area contributed by atoms with E-state index in [0.29, 0.717) is 28.5 Å². The predicted molar refractivity (Wildman–Crippen MR) is 115 cm³/mol. The first-order chi connectivity index (χ1) is 13.4. The Kier molecular flexibility index (Phi) is 6.19. The minimum absolute atomic E-state index is 0.0587. The van der Waals surface area contributed by atoms with E-state index in [1.165, 1.54) is 11.8 Å². The van der Waals surface area contributed by atoms with E-state index in [9.17, 15) is 9.59 Å². The molecular weight excluding hydrogens is 370 g/mol. The van der Waals surface area contributed by atoms with Crippen LogP contribution in [0.15, 0.2) is 58.5 Å². The number of nitrogens with one attached hydrogen (secondary N) is 1. The molecule has 5 nitrogen and oxygen atoms in total. The molecule has 0 aliphatic rings. The zero-order valence-corrected chi connectivity index (χ0v) is 17.4. The van der Waals surface area contributed by atoms with Crippen LogP contribution in [0.25, 0.3) is 16.6 Å². The summed E-state index contributed by atoms with van der Waals surface area (Å²) in [7, 11) is 0. The van der Waals surface area contributed by atoms with Gasteiger partial charge in [-0.2, -0.15) is 0 Å². The molecule has 1 unspecified atom stereocenters. The first kappa shape index (κ1) is 20.1. The SMILES string of the molecule is Cc1ccc(-n2c(SC(C)C(=O)NCC(C)C)nc3ccccc3c2=O)cc1. The summed E-state index contributed by atoms with van der Waals surface area (Å²) in [6, 6.07) is 15.0. The van der Waals surface area contributed by atoms with E-state index in [-0.39, 0.29) is 16.7 Å². The van der Waals surface area contributed by atoms with Crippen molar-refractivity contribution in [3.05, 3.63) is 64.4 Å². The van der Waals surface area contributed by atoms with Crippen LogP contribution in [0.1, 0.15) is 26.3 Å². The van der Waals surface area contributed by atoms with Gasteiger partial charge in [-0.15, -0.1) is 0 Å². The van der Waals surface area contributed by atoms with Crippen molar-refractivity contribution in [3.63, 3.8) is 0 Å². The van der Waals surface area contributed by atoms with Gasteiger partial charge in [0, 0.05) is 6.54 Å². The zero-order valence-electron chi connectivity index (χ0n) is 16.6. The number of benzene rings is 2. The molecule has 2 aromatic carbocycles. The predicted octanol–water partition coefficient (Wildman–Crippen LogP) is 3.95. The maximum atomic E-state index is 13.2. The van der Waals surface area contributed by atoms with Crippen LogP contribution in [0.4, 0.5) is 0 Å². The highest BCUT2D eigenvalue weighted by Gasteiger charge is 2.20. The first-order valence-electron chi connectivity index (χ1n) is 9.40. The van der Waals surface area contributed by atoms with Crippen molar-refractivity contribution in [2.24, 2.45) is 5.92 Å². The molecular formula is C22H25N3O2S. The normalized spacial score (nSPS) is 12.3. The highest BCUT2D eigenvalue weighted by molar-refractivity contribution is 8.00. The Morgan fingerprint density at radius 2 is 1.79 bits per heavy atom. The molecule has 3 rings (SSSR count). The number of rotatable bonds is 6. The van der Waals surface area contributed by atoms with Crippen molar-refractivity contribution in [1.82, 2.24) is 14.9 Å². The van der Waals surface area contributed by atoms with Gasteiger partial charge in [0.25, 0.3) is 5.56 Å². The number of aryl methyl sites for hydroxylation is 1. The monoisotopic (exact) mass is 395 g/mol. The lowest BCUT2D eigenvalue weighted by atomic mass is 10.2. The molecule has 0 spiro atoms. The molecule has 146 valence electrons. The van der Waals surface area contributed by atoms with Gasteiger partial charge in [0.2, 0.25) is 5.91 Å². The second-order valence-electron chi connectivity index (χ2n) is 7.29. The van der Waals surface area contributed by atoms with Gasteiger partial charge in [0.05, 0.1) is 21.8 Å². The number of carbonyl (C=O) groups excluding carboxylic acids is 1. The lowest BCUT2D eigenvalue weighted by Gasteiger charge is -2.17. The van der Waals surface area contributed by atoms with E-state index in [1.807, 2.05) is 56.3 Å². The number of amides is 1. The highest BCUT2D eigenvalue weighted by atomic mass is 32.2. The molecule has 1 heterocycles. The molecule has 0 saturated carbocycles. The number of para-hydroxylation sites is 1. The third kappa shape index (κ3) is 4.44. The van der Waals surface area contributed by atoms with Crippen LogP contribution in [0.2, 0.25) is 0 Å². The molecule has 1 aromatic heterocycles. The number of nitrogens with zero attached hydrogens (tertiary/aromatic N) is 2. The average molecular weight is 396 g/mol. The van der Waals surface area contributed by atoms with E-state index in [2.05, 4.69) is 19.2 Å². The van der Waals surface area contributed by atoms with Crippen molar-refractivity contribution < 1.29 is 4.79 Å². The molecule has 28 heavy (non-hydrogen) atoms. The summed E-state index contributed by atoms with van der Waals surface area (Å²) in [6.07, 6.45) is 0. The summed E-state index contributed by atoms with van der Waals surface area (Å²) < 4.78 is 1.60. The van der Waals surface area contributed by atoms with E-state index >= 15 is 0 Å². The Bertz CT molecular complexity index is 1040. The van der Waals surface area contributed by atoms with Crippen LogP contribution in [-0.4, -0.2) is 27.3 Å². The lowest BCUT2D eigenvalue weighted by Crippen LogP contribution is -2.34. The Balaban J connectivity index is 2.05. The summed E-state index contributed by atoms with van der Waals surface area (Å²) in [6.45, 7) is 8.57. The Morgan fingerprint density at radius 1 is 1.11 bits per heavy atom. The molecule has 0 aliphatic heterocycles. The average Bonchev–Trinajstić information content (AvgIpc) is 2.67. The van der Waals surface area contributed by atoms with Crippen LogP contribution in [0.5, 0.6) is 0 Å². The van der Waals surface area contributed by atoms with Gasteiger partial charge in [-0.05, 0) is 44.0 Å². The maximum Gasteiger partial charge on any atom is 0.266 e. The number of hydrogen-bond acceptors (Lipinski definition) is 4. The van der Waals surface area contributed by atoms with Crippen molar-refractivity contribution in [2.75, 3.05) is 6.54 Å². The van der Waals surface area contributed by atoms with Gasteiger partial charge in [0.1, 0.15) is 0 Å². The summed E-state index contributed by atoms with van der Waals surface area (Å²) in [5.41, 5.74) is 2.35. The first-order valence-corrected chi connectivity index (χ1v) is 10.3. The zero-order chi connectivity index (χ0) is 20.3. The van der Waals surface area contributed by atoms with Gasteiger partial charge >= 0.3 is 0 Å². The Hall–Kier alpha value is -2.60. The fourth-order valence-electron chi connectivity index (χ4n) is 2.77. The fourth-order valence-corrected chi connectivity index (χ4v) is 3.72. The van der Waals surface area contributed by atoms with Crippen LogP contribution in [0.3, 0.4) is 0 Å². The van der Waals surface area contributed by atoms with Crippen molar-refractivity contribution >= 4 is 28.6 Å². The van der Waals surface area contributed by atoms with Gasteiger partial charge in [-0.1, -0.05) is 55.4 Å². The molecule has 0 saturated heterocycles. The third-order valence-electron chi connectivity index (χ3n) is 4.37. The van der Waals surface area contributed by atoms with Crippen molar-refractivity contribution in [2.45, 2.75) is 38.1 Å². The summed E-state index contributed by atoms with van der Waals surface area (Å²) in [5.74, 6) is 0.322. The Labute approximate surface area is 169 Å². The van der Waals surface area contributed by atoms with E-state index in [0.717, 1.165) is 11.3 Å². The molecule has 0 fully saturated rings.